The normalized spacial score (nSPS) is 14.2. The molecule has 4 aromatic carbocycles. The van der Waals surface area contributed by atoms with Crippen molar-refractivity contribution in [2.75, 3.05) is 10.8 Å². The Labute approximate surface area is 297 Å². The summed E-state index contributed by atoms with van der Waals surface area (Å²) in [6, 6.07) is 26.2. The number of rotatable bonds is 12. The largest absolute Gasteiger partial charge is 0.352 e. The number of nitrogens with one attached hydrogen (secondary N) is 1. The van der Waals surface area contributed by atoms with Crippen molar-refractivity contribution in [1.29, 1.82) is 0 Å². The summed E-state index contributed by atoms with van der Waals surface area (Å²) in [7, 11) is -4.26. The zero-order valence-corrected chi connectivity index (χ0v) is 29.7. The van der Waals surface area contributed by atoms with Crippen LogP contribution in [0, 0.1) is 6.92 Å². The molecule has 0 bridgehead atoms. The number of carbonyl (C=O) groups excluding carboxylic acids is 2. The zero-order valence-electron chi connectivity index (χ0n) is 26.6. The van der Waals surface area contributed by atoms with Gasteiger partial charge in [0.25, 0.3) is 10.0 Å². The fourth-order valence-corrected chi connectivity index (χ4v) is 8.05. The highest BCUT2D eigenvalue weighted by molar-refractivity contribution is 7.92. The summed E-state index contributed by atoms with van der Waals surface area (Å²) in [5.74, 6) is -0.908. The first-order valence-corrected chi connectivity index (χ1v) is 18.5. The number of hydrogen-bond acceptors (Lipinski definition) is 4. The first kappa shape index (κ1) is 35.7. The molecule has 0 aromatic heterocycles. The number of halogens is 3. The van der Waals surface area contributed by atoms with E-state index in [1.165, 1.54) is 29.2 Å². The molecule has 1 saturated carbocycles. The van der Waals surface area contributed by atoms with Crippen molar-refractivity contribution in [3.8, 4) is 0 Å². The van der Waals surface area contributed by atoms with E-state index in [-0.39, 0.29) is 29.8 Å². The Bertz CT molecular complexity index is 1810. The van der Waals surface area contributed by atoms with Gasteiger partial charge in [-0.25, -0.2) is 8.42 Å². The first-order valence-electron chi connectivity index (χ1n) is 15.9. The van der Waals surface area contributed by atoms with Crippen molar-refractivity contribution in [1.82, 2.24) is 10.2 Å². The Balaban J connectivity index is 1.59. The molecule has 4 aromatic rings. The molecular weight excluding hydrogens is 689 g/mol. The van der Waals surface area contributed by atoms with E-state index in [1.807, 2.05) is 43.3 Å². The fourth-order valence-electron chi connectivity index (χ4n) is 6.00. The summed E-state index contributed by atoms with van der Waals surface area (Å²) in [5, 5.41) is 4.24. The molecule has 7 nitrogen and oxygen atoms in total. The van der Waals surface area contributed by atoms with E-state index >= 15 is 0 Å². The van der Waals surface area contributed by atoms with Crippen molar-refractivity contribution in [3.63, 3.8) is 0 Å². The van der Waals surface area contributed by atoms with Crippen LogP contribution in [0.5, 0.6) is 0 Å². The molecule has 1 fully saturated rings. The van der Waals surface area contributed by atoms with Crippen LogP contribution in [-0.4, -0.2) is 43.8 Å². The van der Waals surface area contributed by atoms with Gasteiger partial charge in [-0.15, -0.1) is 0 Å². The van der Waals surface area contributed by atoms with E-state index in [4.69, 9.17) is 34.8 Å². The number of aryl methyl sites for hydroxylation is 1. The van der Waals surface area contributed by atoms with Crippen LogP contribution in [0.2, 0.25) is 15.1 Å². The predicted molar refractivity (Wildman–Crippen MR) is 193 cm³/mol. The molecule has 48 heavy (non-hydrogen) atoms. The maximum Gasteiger partial charge on any atom is 0.264 e. The second-order valence-electron chi connectivity index (χ2n) is 12.1. The molecule has 1 unspecified atom stereocenters. The molecule has 0 saturated heterocycles. The van der Waals surface area contributed by atoms with Gasteiger partial charge in [-0.05, 0) is 79.4 Å². The lowest BCUT2D eigenvalue weighted by molar-refractivity contribution is -0.140. The highest BCUT2D eigenvalue weighted by Crippen LogP contribution is 2.30. The number of amides is 2. The number of anilines is 1. The molecule has 0 heterocycles. The molecule has 11 heteroatoms. The van der Waals surface area contributed by atoms with Crippen LogP contribution in [0.1, 0.15) is 48.8 Å². The third-order valence-corrected chi connectivity index (χ3v) is 11.3. The summed E-state index contributed by atoms with van der Waals surface area (Å²) in [6.45, 7) is 1.14. The average Bonchev–Trinajstić information content (AvgIpc) is 3.07. The van der Waals surface area contributed by atoms with Crippen LogP contribution in [-0.2, 0) is 32.6 Å². The molecule has 0 aliphatic heterocycles. The van der Waals surface area contributed by atoms with E-state index in [1.54, 1.807) is 36.4 Å². The van der Waals surface area contributed by atoms with Crippen LogP contribution >= 0.6 is 34.8 Å². The van der Waals surface area contributed by atoms with Gasteiger partial charge in [-0.2, -0.15) is 0 Å². The van der Waals surface area contributed by atoms with Gasteiger partial charge in [0.05, 0.1) is 10.6 Å². The van der Waals surface area contributed by atoms with Gasteiger partial charge < -0.3 is 10.2 Å². The lowest BCUT2D eigenvalue weighted by Gasteiger charge is -2.35. The molecule has 0 radical (unpaired) electrons. The zero-order chi connectivity index (χ0) is 34.3. The number of nitrogens with zero attached hydrogens (tertiary/aromatic N) is 2. The highest BCUT2D eigenvalue weighted by Gasteiger charge is 2.36. The molecule has 1 N–H and O–H groups in total. The quantitative estimate of drug-likeness (QED) is 0.159. The Morgan fingerprint density at radius 2 is 1.48 bits per heavy atom. The van der Waals surface area contributed by atoms with Crippen molar-refractivity contribution in [3.05, 3.63) is 129 Å². The fraction of sp³-hybridized carbons (Fsp3) is 0.297. The Hall–Kier alpha value is -3.56. The van der Waals surface area contributed by atoms with E-state index in [9.17, 15) is 18.0 Å². The number of carbonyl (C=O) groups is 2. The van der Waals surface area contributed by atoms with Crippen molar-refractivity contribution in [2.24, 2.45) is 0 Å². The Morgan fingerprint density at radius 1 is 0.833 bits per heavy atom. The van der Waals surface area contributed by atoms with Crippen molar-refractivity contribution < 1.29 is 18.0 Å². The van der Waals surface area contributed by atoms with E-state index in [0.717, 1.165) is 47.5 Å². The van der Waals surface area contributed by atoms with Crippen LogP contribution in [0.3, 0.4) is 0 Å². The topological polar surface area (TPSA) is 86.8 Å². The van der Waals surface area contributed by atoms with Crippen molar-refractivity contribution in [2.45, 2.75) is 69.0 Å². The Morgan fingerprint density at radius 3 is 2.12 bits per heavy atom. The van der Waals surface area contributed by atoms with Crippen molar-refractivity contribution >= 4 is 62.3 Å². The lowest BCUT2D eigenvalue weighted by Crippen LogP contribution is -2.55. The van der Waals surface area contributed by atoms with E-state index in [0.29, 0.717) is 26.3 Å². The monoisotopic (exact) mass is 725 g/mol. The van der Waals surface area contributed by atoms with Gasteiger partial charge >= 0.3 is 0 Å². The average molecular weight is 727 g/mol. The second kappa shape index (κ2) is 16.2. The third-order valence-electron chi connectivity index (χ3n) is 8.58. The maximum atomic E-state index is 14.7. The molecule has 2 amide bonds. The summed E-state index contributed by atoms with van der Waals surface area (Å²) in [6.07, 6.45) is 5.05. The van der Waals surface area contributed by atoms with E-state index in [2.05, 4.69) is 5.32 Å². The summed E-state index contributed by atoms with van der Waals surface area (Å²) in [4.78, 5) is 30.4. The number of benzene rings is 4. The minimum absolute atomic E-state index is 0.0144. The van der Waals surface area contributed by atoms with Crippen LogP contribution in [0.15, 0.2) is 102 Å². The minimum atomic E-state index is -4.26. The summed E-state index contributed by atoms with van der Waals surface area (Å²) >= 11 is 19.3. The predicted octanol–water partition coefficient (Wildman–Crippen LogP) is 8.24. The van der Waals surface area contributed by atoms with Gasteiger partial charge in [-0.1, -0.05) is 103 Å². The SMILES string of the molecule is Cc1cccc(N(CC(=O)N(Cc2c(Cl)cccc2Cl)C(Cc2ccccc2)C(=O)NC2CCCCC2)S(=O)(=O)c2ccc(Cl)cc2)c1. The minimum Gasteiger partial charge on any atom is -0.352 e. The molecule has 1 aliphatic carbocycles. The molecule has 252 valence electrons. The van der Waals surface area contributed by atoms with Gasteiger partial charge in [0, 0.05) is 39.6 Å². The molecule has 1 atom stereocenters. The molecule has 1 aliphatic rings. The summed E-state index contributed by atoms with van der Waals surface area (Å²) in [5.41, 5.74) is 2.42. The van der Waals surface area contributed by atoms with E-state index < -0.39 is 28.5 Å². The van der Waals surface area contributed by atoms with Crippen LogP contribution in [0.4, 0.5) is 5.69 Å². The van der Waals surface area contributed by atoms with Gasteiger partial charge in [0.2, 0.25) is 11.8 Å². The highest BCUT2D eigenvalue weighted by atomic mass is 35.5. The molecule has 0 spiro atoms. The van der Waals surface area contributed by atoms with Crippen LogP contribution in [0.25, 0.3) is 0 Å². The van der Waals surface area contributed by atoms with Gasteiger partial charge in [0.1, 0.15) is 12.6 Å². The third kappa shape index (κ3) is 8.91. The molecular formula is C37H38Cl3N3O4S. The first-order chi connectivity index (χ1) is 23.0. The standard InChI is InChI=1S/C37H38Cl3N3O4S/c1-26-10-8-15-30(22-26)43(48(46,47)31-20-18-28(38)19-21-31)25-36(44)42(24-32-33(39)16-9-17-34(32)40)35(23-27-11-4-2-5-12-27)37(45)41-29-13-6-3-7-14-29/h2,4-5,8-12,15-22,29,35H,3,6-7,13-14,23-25H2,1H3,(H,41,45). The summed E-state index contributed by atoms with van der Waals surface area (Å²) < 4.78 is 29.5. The van der Waals surface area contributed by atoms with Gasteiger partial charge in [-0.3, -0.25) is 13.9 Å². The smallest absolute Gasteiger partial charge is 0.264 e. The number of hydrogen-bond donors (Lipinski definition) is 1. The second-order valence-corrected chi connectivity index (χ2v) is 15.2. The van der Waals surface area contributed by atoms with Crippen LogP contribution < -0.4 is 9.62 Å². The Kier molecular flexibility index (Phi) is 12.1. The lowest BCUT2D eigenvalue weighted by atomic mass is 9.94. The maximum absolute atomic E-state index is 14.7. The number of sulfonamides is 1. The molecule has 5 rings (SSSR count). The van der Waals surface area contributed by atoms with Gasteiger partial charge in [0.15, 0.2) is 0 Å².